The van der Waals surface area contributed by atoms with E-state index in [2.05, 4.69) is 15.0 Å². The molecule has 0 bridgehead atoms. The van der Waals surface area contributed by atoms with Crippen LogP contribution < -0.4 is 14.5 Å². The number of rotatable bonds is 11. The third kappa shape index (κ3) is 6.08. The van der Waals surface area contributed by atoms with Crippen LogP contribution in [0.2, 0.25) is 0 Å². The van der Waals surface area contributed by atoms with Crippen molar-refractivity contribution in [1.29, 1.82) is 0 Å². The van der Waals surface area contributed by atoms with Crippen molar-refractivity contribution in [3.63, 3.8) is 0 Å². The van der Waals surface area contributed by atoms with Crippen molar-refractivity contribution in [2.45, 2.75) is 24.4 Å². The van der Waals surface area contributed by atoms with Gasteiger partial charge in [0.1, 0.15) is 18.8 Å². The minimum absolute atomic E-state index is 0.0426. The Kier molecular flexibility index (Phi) is 8.31. The first-order valence-corrected chi connectivity index (χ1v) is 14.8. The molecule has 2 atom stereocenters. The Morgan fingerprint density at radius 3 is 2.30 bits per heavy atom. The number of sulfonamides is 1. The molecular formula is C30H27N6O7S+. The summed E-state index contributed by atoms with van der Waals surface area (Å²) < 4.78 is 29.8. The lowest BCUT2D eigenvalue weighted by molar-refractivity contribution is -0.394. The number of benzene rings is 4. The SMILES string of the molecule is Cc1ccc(S(=O)(=O)NC(C[N@@+]2(c3ccc([N+](=O)[O-])cc3[N+](=O)[O-])C=CN=C2)C(=O)NCc2ccccc2)c2ccccc12. The number of fused-ring (bicyclic) bond motifs is 1. The van der Waals surface area contributed by atoms with Crippen LogP contribution >= 0.6 is 0 Å². The van der Waals surface area contributed by atoms with E-state index in [0.717, 1.165) is 28.6 Å². The van der Waals surface area contributed by atoms with Gasteiger partial charge in [0.25, 0.3) is 5.69 Å². The summed E-state index contributed by atoms with van der Waals surface area (Å²) in [6, 6.07) is 20.8. The van der Waals surface area contributed by atoms with Gasteiger partial charge in [-0.2, -0.15) is 4.72 Å². The van der Waals surface area contributed by atoms with Crippen LogP contribution in [0.25, 0.3) is 10.8 Å². The van der Waals surface area contributed by atoms with E-state index >= 15 is 0 Å². The van der Waals surface area contributed by atoms with Crippen LogP contribution in [0.1, 0.15) is 11.1 Å². The van der Waals surface area contributed by atoms with Crippen molar-refractivity contribution in [3.05, 3.63) is 129 Å². The lowest BCUT2D eigenvalue weighted by Gasteiger charge is -2.30. The summed E-state index contributed by atoms with van der Waals surface area (Å²) in [6.07, 6.45) is 4.11. The normalized spacial score (nSPS) is 16.6. The van der Waals surface area contributed by atoms with E-state index in [1.54, 1.807) is 54.6 Å². The molecule has 0 aromatic heterocycles. The van der Waals surface area contributed by atoms with E-state index < -0.39 is 47.7 Å². The molecule has 0 saturated heterocycles. The number of nitrogens with zero attached hydrogens (tertiary/aromatic N) is 4. The summed E-state index contributed by atoms with van der Waals surface area (Å²) in [5.41, 5.74) is 0.504. The number of non-ortho nitro benzene ring substituents is 1. The second kappa shape index (κ2) is 12.1. The number of nitro groups is 2. The molecule has 0 aliphatic carbocycles. The standard InChI is InChI=1S/C30H26N6O7S/c1-21-11-14-29(25-10-6-5-9-24(21)25)44(42,43)33-26(30(37)32-18-22-7-3-2-4-8-22)19-36(16-15-31-20-36)28-13-12-23(34(38)39)17-27(28)35(40)41/h2-17,20,26,33H,18-19H2,1H3/p+1/t26?,36-/m0/s1. The van der Waals surface area contributed by atoms with E-state index in [1.165, 1.54) is 30.9 Å². The molecule has 0 saturated carbocycles. The average Bonchev–Trinajstić information content (AvgIpc) is 3.49. The van der Waals surface area contributed by atoms with Crippen molar-refractivity contribution in [2.75, 3.05) is 6.54 Å². The first-order valence-electron chi connectivity index (χ1n) is 13.4. The van der Waals surface area contributed by atoms with Crippen molar-refractivity contribution in [2.24, 2.45) is 4.99 Å². The number of carbonyl (C=O) groups excluding carboxylic acids is 1. The van der Waals surface area contributed by atoms with Gasteiger partial charge >= 0.3 is 5.69 Å². The highest BCUT2D eigenvalue weighted by atomic mass is 32.2. The van der Waals surface area contributed by atoms with Gasteiger partial charge in [-0.05, 0) is 29.5 Å². The number of aryl methyl sites for hydroxylation is 1. The lowest BCUT2D eigenvalue weighted by Crippen LogP contribution is -2.57. The van der Waals surface area contributed by atoms with Crippen LogP contribution in [0, 0.1) is 27.2 Å². The van der Waals surface area contributed by atoms with Crippen LogP contribution in [-0.4, -0.2) is 43.1 Å². The molecular weight excluding hydrogens is 588 g/mol. The Morgan fingerprint density at radius 1 is 0.932 bits per heavy atom. The molecule has 44 heavy (non-hydrogen) atoms. The number of nitrogens with one attached hydrogen (secondary N) is 2. The average molecular weight is 616 g/mol. The summed E-state index contributed by atoms with van der Waals surface area (Å²) in [5.74, 6) is -0.690. The maximum atomic E-state index is 13.9. The topological polar surface area (TPSA) is 174 Å². The first-order chi connectivity index (χ1) is 21.0. The molecule has 0 fully saturated rings. The molecule has 14 heteroatoms. The molecule has 4 aromatic carbocycles. The third-order valence-corrected chi connectivity index (χ3v) is 8.84. The predicted molar refractivity (Wildman–Crippen MR) is 165 cm³/mol. The Balaban J connectivity index is 1.57. The number of carbonyl (C=O) groups is 1. The molecule has 0 radical (unpaired) electrons. The molecule has 1 aliphatic rings. The molecule has 5 rings (SSSR count). The highest BCUT2D eigenvalue weighted by molar-refractivity contribution is 7.89. The highest BCUT2D eigenvalue weighted by Crippen LogP contribution is 2.38. The fourth-order valence-electron chi connectivity index (χ4n) is 5.12. The maximum absolute atomic E-state index is 13.9. The number of quaternary nitrogens is 1. The maximum Gasteiger partial charge on any atom is 0.337 e. The number of amides is 1. The summed E-state index contributed by atoms with van der Waals surface area (Å²) in [4.78, 5) is 39.7. The number of hydrogen-bond donors (Lipinski definition) is 2. The monoisotopic (exact) mass is 615 g/mol. The summed E-state index contributed by atoms with van der Waals surface area (Å²) in [6.45, 7) is 1.57. The van der Waals surface area contributed by atoms with Crippen molar-refractivity contribution >= 4 is 50.1 Å². The zero-order chi connectivity index (χ0) is 31.5. The van der Waals surface area contributed by atoms with Gasteiger partial charge in [-0.1, -0.05) is 60.7 Å². The van der Waals surface area contributed by atoms with E-state index in [0.29, 0.717) is 5.39 Å². The van der Waals surface area contributed by atoms with Crippen molar-refractivity contribution < 1.29 is 23.1 Å². The molecule has 0 spiro atoms. The predicted octanol–water partition coefficient (Wildman–Crippen LogP) is 4.45. The van der Waals surface area contributed by atoms with Crippen LogP contribution in [-0.2, 0) is 21.4 Å². The quantitative estimate of drug-likeness (QED) is 0.142. The molecule has 1 aliphatic heterocycles. The van der Waals surface area contributed by atoms with E-state index in [4.69, 9.17) is 0 Å². The molecule has 2 N–H and O–H groups in total. The highest BCUT2D eigenvalue weighted by Gasteiger charge is 2.43. The Hall–Kier alpha value is -5.31. The van der Waals surface area contributed by atoms with Gasteiger partial charge in [0.2, 0.25) is 21.6 Å². The minimum Gasteiger partial charge on any atom is -0.350 e. The zero-order valence-corrected chi connectivity index (χ0v) is 24.2. The smallest absolute Gasteiger partial charge is 0.337 e. The second-order valence-corrected chi connectivity index (χ2v) is 11.8. The van der Waals surface area contributed by atoms with Crippen LogP contribution in [0.4, 0.5) is 17.1 Å². The minimum atomic E-state index is -4.34. The molecule has 13 nitrogen and oxygen atoms in total. The first kappa shape index (κ1) is 30.2. The van der Waals surface area contributed by atoms with Crippen LogP contribution in [0.3, 0.4) is 0 Å². The Bertz CT molecular complexity index is 1930. The lowest BCUT2D eigenvalue weighted by atomic mass is 10.1. The van der Waals surface area contributed by atoms with Gasteiger partial charge in [0.15, 0.2) is 12.4 Å². The number of aliphatic imine (C=N–C) groups is 1. The third-order valence-electron chi connectivity index (χ3n) is 7.31. The van der Waals surface area contributed by atoms with E-state index in [1.807, 2.05) is 13.0 Å². The van der Waals surface area contributed by atoms with Crippen LogP contribution in [0.15, 0.2) is 107 Å². The van der Waals surface area contributed by atoms with Gasteiger partial charge in [-0.15, -0.1) is 0 Å². The second-order valence-electron chi connectivity index (χ2n) is 10.2. The van der Waals surface area contributed by atoms with Crippen molar-refractivity contribution in [1.82, 2.24) is 14.5 Å². The molecule has 224 valence electrons. The fraction of sp³-hybridized carbons (Fsp3) is 0.133. The summed E-state index contributed by atoms with van der Waals surface area (Å²) in [5, 5.41) is 27.3. The van der Waals surface area contributed by atoms with Gasteiger partial charge < -0.3 is 5.32 Å². The van der Waals surface area contributed by atoms with E-state index in [-0.39, 0.29) is 23.7 Å². The van der Waals surface area contributed by atoms with E-state index in [9.17, 15) is 33.4 Å². The molecule has 1 amide bonds. The largest absolute Gasteiger partial charge is 0.350 e. The van der Waals surface area contributed by atoms with Gasteiger partial charge in [-0.3, -0.25) is 25.0 Å². The summed E-state index contributed by atoms with van der Waals surface area (Å²) in [7, 11) is -4.34. The molecule has 1 unspecified atom stereocenters. The number of nitro benzene ring substituents is 2. The van der Waals surface area contributed by atoms with Gasteiger partial charge in [-0.25, -0.2) is 17.9 Å². The van der Waals surface area contributed by atoms with Gasteiger partial charge in [0, 0.05) is 24.1 Å². The Labute approximate surface area is 252 Å². The molecule has 4 aromatic rings. The van der Waals surface area contributed by atoms with Crippen LogP contribution in [0.5, 0.6) is 0 Å². The zero-order valence-electron chi connectivity index (χ0n) is 23.4. The number of hydrogen-bond acceptors (Lipinski definition) is 8. The Morgan fingerprint density at radius 2 is 1.64 bits per heavy atom. The molecule has 1 heterocycles. The fourth-order valence-corrected chi connectivity index (χ4v) is 6.51. The van der Waals surface area contributed by atoms with Gasteiger partial charge in [0.05, 0.1) is 20.9 Å². The van der Waals surface area contributed by atoms with Crippen molar-refractivity contribution in [3.8, 4) is 0 Å². The summed E-state index contributed by atoms with van der Waals surface area (Å²) >= 11 is 0.